The first-order chi connectivity index (χ1) is 9.92. The smallest absolute Gasteiger partial charge is 0.298 e. The lowest BCUT2D eigenvalue weighted by Crippen LogP contribution is -2.50. The fraction of sp³-hybridized carbons (Fsp3) is 0.533. The van der Waals surface area contributed by atoms with E-state index in [9.17, 15) is 18.0 Å². The summed E-state index contributed by atoms with van der Waals surface area (Å²) in [7, 11) is 0. The van der Waals surface area contributed by atoms with Crippen molar-refractivity contribution >= 4 is 5.78 Å². The molecule has 1 aliphatic rings. The highest BCUT2D eigenvalue weighted by Gasteiger charge is 2.32. The summed E-state index contributed by atoms with van der Waals surface area (Å²) >= 11 is 0. The summed E-state index contributed by atoms with van der Waals surface area (Å²) in [6, 6.07) is 9.48. The fourth-order valence-electron chi connectivity index (χ4n) is 2.49. The van der Waals surface area contributed by atoms with Gasteiger partial charge in [0, 0.05) is 32.6 Å². The summed E-state index contributed by atoms with van der Waals surface area (Å²) in [5.41, 5.74) is 0.971. The standard InChI is InChI=1S/C15H19F3N2O/c16-15(17,18)12-20-8-6-19(7-9-20)11-14(21)10-13-4-2-1-3-5-13/h1-5H,6-12H2. The molecule has 0 aromatic heterocycles. The predicted molar refractivity (Wildman–Crippen MR) is 74.1 cm³/mol. The molecule has 1 saturated heterocycles. The maximum atomic E-state index is 12.3. The lowest BCUT2D eigenvalue weighted by atomic mass is 10.1. The number of alkyl halides is 3. The number of benzene rings is 1. The average molecular weight is 300 g/mol. The van der Waals surface area contributed by atoms with Crippen molar-refractivity contribution in [2.45, 2.75) is 12.6 Å². The average Bonchev–Trinajstić information content (AvgIpc) is 2.40. The van der Waals surface area contributed by atoms with E-state index < -0.39 is 12.7 Å². The van der Waals surface area contributed by atoms with Gasteiger partial charge in [-0.15, -0.1) is 0 Å². The zero-order valence-electron chi connectivity index (χ0n) is 11.8. The van der Waals surface area contributed by atoms with Crippen molar-refractivity contribution < 1.29 is 18.0 Å². The second-order valence-corrected chi connectivity index (χ2v) is 5.37. The monoisotopic (exact) mass is 300 g/mol. The summed E-state index contributed by atoms with van der Waals surface area (Å²) in [6.45, 7) is 1.19. The molecule has 2 rings (SSSR count). The normalized spacial score (nSPS) is 17.9. The molecule has 0 amide bonds. The van der Waals surface area contributed by atoms with Crippen LogP contribution in [0.3, 0.4) is 0 Å². The quantitative estimate of drug-likeness (QED) is 0.831. The molecule has 0 N–H and O–H groups in total. The molecule has 1 fully saturated rings. The lowest BCUT2D eigenvalue weighted by Gasteiger charge is -2.34. The number of nitrogens with zero attached hydrogens (tertiary/aromatic N) is 2. The van der Waals surface area contributed by atoms with E-state index in [1.54, 1.807) is 0 Å². The van der Waals surface area contributed by atoms with Gasteiger partial charge in [0.1, 0.15) is 0 Å². The van der Waals surface area contributed by atoms with Crippen LogP contribution in [0.1, 0.15) is 5.56 Å². The van der Waals surface area contributed by atoms with Crippen LogP contribution < -0.4 is 0 Å². The van der Waals surface area contributed by atoms with Crippen molar-refractivity contribution in [3.8, 4) is 0 Å². The van der Waals surface area contributed by atoms with Gasteiger partial charge < -0.3 is 0 Å². The van der Waals surface area contributed by atoms with Crippen molar-refractivity contribution in [1.29, 1.82) is 0 Å². The van der Waals surface area contributed by atoms with Crippen molar-refractivity contribution in [3.05, 3.63) is 35.9 Å². The first-order valence-electron chi connectivity index (χ1n) is 6.99. The zero-order valence-corrected chi connectivity index (χ0v) is 11.8. The number of halogens is 3. The zero-order chi connectivity index (χ0) is 15.3. The molecule has 3 nitrogen and oxygen atoms in total. The molecule has 0 radical (unpaired) electrons. The van der Waals surface area contributed by atoms with Crippen LogP contribution in [0, 0.1) is 0 Å². The maximum absolute atomic E-state index is 12.3. The number of piperazine rings is 1. The van der Waals surface area contributed by atoms with Crippen LogP contribution in [0.25, 0.3) is 0 Å². The molecule has 1 aromatic carbocycles. The molecule has 0 spiro atoms. The number of ketones is 1. The third-order valence-corrected chi connectivity index (χ3v) is 3.51. The minimum Gasteiger partial charge on any atom is -0.298 e. The molecule has 21 heavy (non-hydrogen) atoms. The number of carbonyl (C=O) groups is 1. The largest absolute Gasteiger partial charge is 0.401 e. The number of hydrogen-bond acceptors (Lipinski definition) is 3. The summed E-state index contributed by atoms with van der Waals surface area (Å²) < 4.78 is 36.8. The van der Waals surface area contributed by atoms with Crippen molar-refractivity contribution in [3.63, 3.8) is 0 Å². The Bertz CT molecular complexity index is 454. The van der Waals surface area contributed by atoms with Crippen molar-refractivity contribution in [2.24, 2.45) is 0 Å². The molecule has 0 bridgehead atoms. The summed E-state index contributed by atoms with van der Waals surface area (Å²) in [5, 5.41) is 0. The van der Waals surface area contributed by atoms with Gasteiger partial charge in [0.15, 0.2) is 5.78 Å². The van der Waals surface area contributed by atoms with E-state index in [1.165, 1.54) is 4.90 Å². The maximum Gasteiger partial charge on any atom is 0.401 e. The predicted octanol–water partition coefficient (Wildman–Crippen LogP) is 1.98. The van der Waals surface area contributed by atoms with E-state index in [2.05, 4.69) is 0 Å². The lowest BCUT2D eigenvalue weighted by molar-refractivity contribution is -0.149. The number of carbonyl (C=O) groups excluding carboxylic acids is 1. The molecule has 0 atom stereocenters. The van der Waals surface area contributed by atoms with Crippen molar-refractivity contribution in [2.75, 3.05) is 39.3 Å². The molecule has 0 aliphatic carbocycles. The topological polar surface area (TPSA) is 23.6 Å². The Balaban J connectivity index is 1.72. The summed E-state index contributed by atoms with van der Waals surface area (Å²) in [6.07, 6.45) is -3.77. The molecule has 0 unspecified atom stereocenters. The van der Waals surface area contributed by atoms with Gasteiger partial charge in [-0.3, -0.25) is 14.6 Å². The van der Waals surface area contributed by atoms with Crippen molar-refractivity contribution in [1.82, 2.24) is 9.80 Å². The Kier molecular flexibility index (Phi) is 5.36. The highest BCUT2D eigenvalue weighted by Crippen LogP contribution is 2.17. The van der Waals surface area contributed by atoms with Gasteiger partial charge in [-0.25, -0.2) is 0 Å². The molecule has 116 valence electrons. The summed E-state index contributed by atoms with van der Waals surface area (Å²) in [4.78, 5) is 15.3. The van der Waals surface area contributed by atoms with E-state index in [0.717, 1.165) is 5.56 Å². The Morgan fingerprint density at radius 2 is 1.57 bits per heavy atom. The number of Topliss-reactive ketones (excluding diaryl/α,β-unsaturated/α-hetero) is 1. The van der Waals surface area contributed by atoms with Gasteiger partial charge >= 0.3 is 6.18 Å². The van der Waals surface area contributed by atoms with E-state index in [-0.39, 0.29) is 5.78 Å². The SMILES string of the molecule is O=C(Cc1ccccc1)CN1CCN(CC(F)(F)F)CC1. The molecular formula is C15H19F3N2O. The summed E-state index contributed by atoms with van der Waals surface area (Å²) in [5.74, 6) is 0.102. The number of rotatable bonds is 5. The van der Waals surface area contributed by atoms with Crippen LogP contribution in [0.2, 0.25) is 0 Å². The van der Waals surface area contributed by atoms with E-state index in [1.807, 2.05) is 35.2 Å². The van der Waals surface area contributed by atoms with Crippen LogP contribution in [-0.2, 0) is 11.2 Å². The first kappa shape index (κ1) is 16.0. The van der Waals surface area contributed by atoms with Gasteiger partial charge in [-0.05, 0) is 5.56 Å². The second-order valence-electron chi connectivity index (χ2n) is 5.37. The van der Waals surface area contributed by atoms with Gasteiger partial charge in [0.25, 0.3) is 0 Å². The minimum atomic E-state index is -4.15. The third-order valence-electron chi connectivity index (χ3n) is 3.51. The molecule has 0 saturated carbocycles. The highest BCUT2D eigenvalue weighted by atomic mass is 19.4. The van der Waals surface area contributed by atoms with Gasteiger partial charge in [0.2, 0.25) is 0 Å². The number of hydrogen-bond donors (Lipinski definition) is 0. The van der Waals surface area contributed by atoms with E-state index in [0.29, 0.717) is 39.1 Å². The minimum absolute atomic E-state index is 0.102. The Morgan fingerprint density at radius 3 is 2.14 bits per heavy atom. The Labute approximate surface area is 122 Å². The van der Waals surface area contributed by atoms with Crippen LogP contribution in [0.5, 0.6) is 0 Å². The van der Waals surface area contributed by atoms with E-state index in [4.69, 9.17) is 0 Å². The van der Waals surface area contributed by atoms with E-state index >= 15 is 0 Å². The van der Waals surface area contributed by atoms with Crippen LogP contribution >= 0.6 is 0 Å². The molecule has 6 heteroatoms. The van der Waals surface area contributed by atoms with Gasteiger partial charge in [-0.1, -0.05) is 30.3 Å². The van der Waals surface area contributed by atoms with Crippen LogP contribution in [0.4, 0.5) is 13.2 Å². The molecule has 1 aromatic rings. The Hall–Kier alpha value is -1.40. The van der Waals surface area contributed by atoms with Gasteiger partial charge in [0.05, 0.1) is 13.1 Å². The van der Waals surface area contributed by atoms with Crippen LogP contribution in [-0.4, -0.2) is 61.0 Å². The van der Waals surface area contributed by atoms with Gasteiger partial charge in [-0.2, -0.15) is 13.2 Å². The van der Waals surface area contributed by atoms with Crippen LogP contribution in [0.15, 0.2) is 30.3 Å². The Morgan fingerprint density at radius 1 is 1.00 bits per heavy atom. The fourth-order valence-corrected chi connectivity index (χ4v) is 2.49. The first-order valence-corrected chi connectivity index (χ1v) is 6.99. The molecule has 1 aliphatic heterocycles. The highest BCUT2D eigenvalue weighted by molar-refractivity contribution is 5.82. The third kappa shape index (κ3) is 5.85. The molecular weight excluding hydrogens is 281 g/mol. The molecule has 1 heterocycles. The second kappa shape index (κ2) is 7.04.